The lowest BCUT2D eigenvalue weighted by Gasteiger charge is -2.29. The van der Waals surface area contributed by atoms with Crippen molar-refractivity contribution in [2.75, 3.05) is 25.6 Å². The first-order valence-electron chi connectivity index (χ1n) is 11.6. The van der Waals surface area contributed by atoms with Gasteiger partial charge < -0.3 is 19.8 Å². The minimum Gasteiger partial charge on any atom is -0.484 e. The fourth-order valence-electron chi connectivity index (χ4n) is 4.03. The summed E-state index contributed by atoms with van der Waals surface area (Å²) in [6.45, 7) is 1.83. The predicted molar refractivity (Wildman–Crippen MR) is 130 cm³/mol. The number of aromatic nitrogens is 2. The van der Waals surface area contributed by atoms with Gasteiger partial charge in [0.2, 0.25) is 5.95 Å². The number of hydrogen-bond donors (Lipinski definition) is 1. The number of hydrogen-bond acceptors (Lipinski definition) is 7. The quantitative estimate of drug-likeness (QED) is 0.502. The maximum atomic E-state index is 13.2. The van der Waals surface area contributed by atoms with Crippen molar-refractivity contribution in [1.29, 1.82) is 5.26 Å². The van der Waals surface area contributed by atoms with Crippen LogP contribution in [0.1, 0.15) is 40.9 Å². The molecule has 0 spiro atoms. The summed E-state index contributed by atoms with van der Waals surface area (Å²) in [5.41, 5.74) is 0.591. The van der Waals surface area contributed by atoms with Crippen molar-refractivity contribution in [2.24, 2.45) is 0 Å². The molecule has 0 bridgehead atoms. The van der Waals surface area contributed by atoms with Gasteiger partial charge in [-0.15, -0.1) is 4.73 Å². The minimum atomic E-state index is -4.43. The van der Waals surface area contributed by atoms with Gasteiger partial charge in [-0.1, -0.05) is 12.1 Å². The second kappa shape index (κ2) is 10.8. The fraction of sp³-hybridized carbons (Fsp3) is 0.308. The summed E-state index contributed by atoms with van der Waals surface area (Å²) >= 11 is 0. The van der Waals surface area contributed by atoms with Gasteiger partial charge in [0, 0.05) is 13.0 Å². The van der Waals surface area contributed by atoms with E-state index >= 15 is 0 Å². The Morgan fingerprint density at radius 2 is 1.87 bits per heavy atom. The number of amides is 1. The molecule has 1 unspecified atom stereocenters. The molecule has 0 saturated carbocycles. The average Bonchev–Trinajstić information content (AvgIpc) is 2.91. The molecule has 1 aliphatic rings. The number of anilines is 1. The van der Waals surface area contributed by atoms with E-state index in [-0.39, 0.29) is 25.0 Å². The Labute approximate surface area is 216 Å². The summed E-state index contributed by atoms with van der Waals surface area (Å²) in [5.74, 6) is 0.227. The molecular weight excluding hydrogens is 503 g/mol. The normalized spacial score (nSPS) is 13.7. The van der Waals surface area contributed by atoms with E-state index in [1.165, 1.54) is 24.1 Å². The van der Waals surface area contributed by atoms with Gasteiger partial charge in [-0.05, 0) is 48.9 Å². The molecule has 38 heavy (non-hydrogen) atoms. The van der Waals surface area contributed by atoms with E-state index in [0.717, 1.165) is 16.9 Å². The topological polar surface area (TPSA) is 109 Å². The molecule has 2 aromatic carbocycles. The summed E-state index contributed by atoms with van der Waals surface area (Å²) in [7, 11) is 1.29. The monoisotopic (exact) mass is 527 g/mol. The van der Waals surface area contributed by atoms with E-state index in [4.69, 9.17) is 14.8 Å². The molecular formula is C26H24F3N5O4. The zero-order chi connectivity index (χ0) is 27.4. The van der Waals surface area contributed by atoms with Gasteiger partial charge in [-0.2, -0.15) is 18.4 Å². The third-order valence-corrected chi connectivity index (χ3v) is 6.16. The van der Waals surface area contributed by atoms with Gasteiger partial charge in [-0.3, -0.25) is 9.59 Å². The minimum absolute atomic E-state index is 0.0226. The van der Waals surface area contributed by atoms with Gasteiger partial charge in [0.05, 0.1) is 41.0 Å². The predicted octanol–water partition coefficient (Wildman–Crippen LogP) is 3.33. The number of alkyl halides is 3. The molecule has 0 fully saturated rings. The van der Waals surface area contributed by atoms with Crippen LogP contribution in [-0.2, 0) is 23.9 Å². The third-order valence-electron chi connectivity index (χ3n) is 6.16. The molecule has 12 heteroatoms. The van der Waals surface area contributed by atoms with Gasteiger partial charge in [-0.25, -0.2) is 4.98 Å². The molecule has 3 aromatic rings. The van der Waals surface area contributed by atoms with Crippen molar-refractivity contribution in [2.45, 2.75) is 32.1 Å². The molecule has 0 saturated heterocycles. The number of benzene rings is 2. The van der Waals surface area contributed by atoms with Crippen LogP contribution in [0.2, 0.25) is 0 Å². The Morgan fingerprint density at radius 3 is 2.47 bits per heavy atom. The van der Waals surface area contributed by atoms with Gasteiger partial charge in [0.15, 0.2) is 6.61 Å². The number of ether oxygens (including phenoxy) is 1. The zero-order valence-corrected chi connectivity index (χ0v) is 20.6. The van der Waals surface area contributed by atoms with Crippen molar-refractivity contribution in [1.82, 2.24) is 14.6 Å². The summed E-state index contributed by atoms with van der Waals surface area (Å²) < 4.78 is 45.1. The van der Waals surface area contributed by atoms with E-state index in [1.54, 1.807) is 31.2 Å². The van der Waals surface area contributed by atoms with Crippen molar-refractivity contribution in [3.8, 4) is 11.8 Å². The van der Waals surface area contributed by atoms with Crippen LogP contribution in [0.25, 0.3) is 0 Å². The molecule has 1 aromatic heterocycles. The molecule has 1 N–H and O–H groups in total. The van der Waals surface area contributed by atoms with E-state index in [0.29, 0.717) is 41.1 Å². The number of nitriles is 1. The smallest absolute Gasteiger partial charge is 0.416 e. The fourth-order valence-corrected chi connectivity index (χ4v) is 4.03. The number of carbonyl (C=O) groups is 1. The van der Waals surface area contributed by atoms with Crippen LogP contribution in [0.5, 0.6) is 5.75 Å². The van der Waals surface area contributed by atoms with Crippen LogP contribution >= 0.6 is 0 Å². The van der Waals surface area contributed by atoms with Crippen molar-refractivity contribution < 1.29 is 27.5 Å². The highest BCUT2D eigenvalue weighted by Gasteiger charge is 2.30. The number of carbonyl (C=O) groups excluding carboxylic acids is 1. The third kappa shape index (κ3) is 5.72. The first-order chi connectivity index (χ1) is 18.1. The Kier molecular flexibility index (Phi) is 7.57. The Hall–Kier alpha value is -4.53. The van der Waals surface area contributed by atoms with E-state index in [1.807, 2.05) is 6.07 Å². The van der Waals surface area contributed by atoms with Crippen molar-refractivity contribution >= 4 is 11.9 Å². The van der Waals surface area contributed by atoms with Crippen molar-refractivity contribution in [3.63, 3.8) is 0 Å². The lowest BCUT2D eigenvalue weighted by Crippen LogP contribution is -2.44. The molecule has 4 rings (SSSR count). The number of fused-ring (bicyclic) bond motifs is 1. The Morgan fingerprint density at radius 1 is 1.18 bits per heavy atom. The highest BCUT2D eigenvalue weighted by Crippen LogP contribution is 2.30. The maximum absolute atomic E-state index is 13.2. The summed E-state index contributed by atoms with van der Waals surface area (Å²) in [6.07, 6.45) is -4.11. The van der Waals surface area contributed by atoms with Gasteiger partial charge >= 0.3 is 6.18 Å². The van der Waals surface area contributed by atoms with Crippen LogP contribution in [0, 0.1) is 11.3 Å². The summed E-state index contributed by atoms with van der Waals surface area (Å²) in [4.78, 5) is 37.2. The second-order valence-corrected chi connectivity index (χ2v) is 8.62. The Balaban J connectivity index is 1.46. The number of nitrogens with zero attached hydrogens (tertiary/aromatic N) is 4. The zero-order valence-electron chi connectivity index (χ0n) is 20.6. The first-order valence-corrected chi connectivity index (χ1v) is 11.6. The second-order valence-electron chi connectivity index (χ2n) is 8.62. The van der Waals surface area contributed by atoms with E-state index in [9.17, 15) is 22.8 Å². The van der Waals surface area contributed by atoms with Crippen LogP contribution < -0.4 is 20.5 Å². The molecule has 1 atom stereocenters. The van der Waals surface area contributed by atoms with Crippen LogP contribution in [0.15, 0.2) is 53.3 Å². The first kappa shape index (κ1) is 26.5. The molecule has 1 amide bonds. The number of rotatable bonds is 7. The number of nitrogens with one attached hydrogen (secondary N) is 1. The average molecular weight is 528 g/mol. The highest BCUT2D eigenvalue weighted by atomic mass is 19.4. The standard InChI is InChI=1S/C26H24F3N5O4/c1-16(18-5-7-19(8-6-18)26(27,28)29)31-25-32-22-11-12-33(14-21(22)24(36)34(25)37-2)23(35)15-38-20-9-3-17(13-30)4-10-20/h3-10,16H,11-12,14-15H2,1-2H3,(H,31,32). The van der Waals surface area contributed by atoms with Gasteiger partial charge in [0.25, 0.3) is 11.5 Å². The van der Waals surface area contributed by atoms with E-state index < -0.39 is 23.3 Å². The maximum Gasteiger partial charge on any atom is 0.416 e. The molecule has 1 aliphatic heterocycles. The SMILES string of the molecule is COn1c(NC(C)c2ccc(C(F)(F)F)cc2)nc2c(c1=O)CN(C(=O)COc1ccc(C#N)cc1)CC2. The number of halogens is 3. The summed E-state index contributed by atoms with van der Waals surface area (Å²) in [6, 6.07) is 12.6. The lowest BCUT2D eigenvalue weighted by atomic mass is 10.1. The van der Waals surface area contributed by atoms with E-state index in [2.05, 4.69) is 10.3 Å². The largest absolute Gasteiger partial charge is 0.484 e. The Bertz CT molecular complexity index is 1410. The van der Waals surface area contributed by atoms with Crippen LogP contribution in [0.3, 0.4) is 0 Å². The molecule has 198 valence electrons. The highest BCUT2D eigenvalue weighted by molar-refractivity contribution is 5.78. The summed E-state index contributed by atoms with van der Waals surface area (Å²) in [5, 5.41) is 11.9. The van der Waals surface area contributed by atoms with Crippen molar-refractivity contribution in [3.05, 3.63) is 86.8 Å². The lowest BCUT2D eigenvalue weighted by molar-refractivity contribution is -0.137. The molecule has 0 radical (unpaired) electrons. The van der Waals surface area contributed by atoms with Crippen LogP contribution in [-0.4, -0.2) is 40.8 Å². The molecule has 0 aliphatic carbocycles. The molecule has 2 heterocycles. The van der Waals surface area contributed by atoms with Crippen LogP contribution in [0.4, 0.5) is 19.1 Å². The molecule has 9 nitrogen and oxygen atoms in total. The van der Waals surface area contributed by atoms with Gasteiger partial charge in [0.1, 0.15) is 12.9 Å².